The summed E-state index contributed by atoms with van der Waals surface area (Å²) in [7, 11) is 0. The van der Waals surface area contributed by atoms with Gasteiger partial charge in [-0.05, 0) is 6.92 Å². The molecule has 17 heavy (non-hydrogen) atoms. The highest BCUT2D eigenvalue weighted by Gasteiger charge is 2.30. The lowest BCUT2D eigenvalue weighted by molar-refractivity contribution is -0.136. The molecule has 0 bridgehead atoms. The summed E-state index contributed by atoms with van der Waals surface area (Å²) in [6.07, 6.45) is -5.69. The Bertz CT molecular complexity index is 403. The minimum absolute atomic E-state index is 0.213. The maximum Gasteiger partial charge on any atom is 0.391 e. The van der Waals surface area contributed by atoms with Crippen LogP contribution >= 0.6 is 0 Å². The largest absolute Gasteiger partial charge is 0.391 e. The predicted molar refractivity (Wildman–Crippen MR) is 47.9 cm³/mol. The van der Waals surface area contributed by atoms with Crippen molar-refractivity contribution in [3.63, 3.8) is 0 Å². The zero-order chi connectivity index (χ0) is 13.2. The van der Waals surface area contributed by atoms with Gasteiger partial charge >= 0.3 is 6.18 Å². The van der Waals surface area contributed by atoms with Crippen LogP contribution in [-0.2, 0) is 0 Å². The Balaban J connectivity index is 2.78. The molecule has 1 N–H and O–H groups in total. The van der Waals surface area contributed by atoms with Crippen LogP contribution in [0.15, 0.2) is 6.07 Å². The van der Waals surface area contributed by atoms with E-state index in [0.717, 1.165) is 6.92 Å². The molecule has 0 amide bonds. The van der Waals surface area contributed by atoms with Crippen molar-refractivity contribution in [2.24, 2.45) is 0 Å². The molecule has 1 aromatic heterocycles. The van der Waals surface area contributed by atoms with E-state index in [-0.39, 0.29) is 6.07 Å². The average Bonchev–Trinajstić information content (AvgIpc) is 2.11. The molecule has 1 atom stereocenters. The minimum Gasteiger partial charge on any atom is -0.365 e. The van der Waals surface area contributed by atoms with Crippen molar-refractivity contribution >= 4 is 5.82 Å². The van der Waals surface area contributed by atoms with Crippen LogP contribution in [-0.4, -0.2) is 17.2 Å². The van der Waals surface area contributed by atoms with Gasteiger partial charge in [0.05, 0.1) is 6.42 Å². The number of nitrogens with zero attached hydrogens (tertiary/aromatic N) is 1. The van der Waals surface area contributed by atoms with Crippen LogP contribution in [0.1, 0.15) is 13.3 Å². The first kappa shape index (κ1) is 13.6. The molecule has 0 radical (unpaired) electrons. The number of pyridine rings is 1. The molecule has 2 nitrogen and oxygen atoms in total. The second-order valence-corrected chi connectivity index (χ2v) is 3.46. The highest BCUT2D eigenvalue weighted by atomic mass is 19.4. The maximum atomic E-state index is 13.0. The molecule has 0 saturated heterocycles. The second kappa shape index (κ2) is 4.80. The maximum absolute atomic E-state index is 13.0. The fourth-order valence-electron chi connectivity index (χ4n) is 1.18. The quantitative estimate of drug-likeness (QED) is 0.665. The van der Waals surface area contributed by atoms with E-state index in [4.69, 9.17) is 0 Å². The summed E-state index contributed by atoms with van der Waals surface area (Å²) in [6, 6.07) is -0.993. The second-order valence-electron chi connectivity index (χ2n) is 3.46. The van der Waals surface area contributed by atoms with E-state index in [1.54, 1.807) is 0 Å². The van der Waals surface area contributed by atoms with Gasteiger partial charge in [-0.15, -0.1) is 0 Å². The molecule has 0 aliphatic rings. The predicted octanol–water partition coefficient (Wildman–Crippen LogP) is 3.25. The Labute approximate surface area is 92.7 Å². The Morgan fingerprint density at radius 1 is 1.24 bits per heavy atom. The van der Waals surface area contributed by atoms with Crippen molar-refractivity contribution in [1.82, 2.24) is 4.98 Å². The van der Waals surface area contributed by atoms with Crippen LogP contribution in [0.25, 0.3) is 0 Å². The average molecular weight is 258 g/mol. The minimum atomic E-state index is -4.44. The van der Waals surface area contributed by atoms with Gasteiger partial charge in [-0.25, -0.2) is 8.78 Å². The number of rotatable bonds is 3. The van der Waals surface area contributed by atoms with E-state index in [0.29, 0.717) is 0 Å². The fourth-order valence-corrected chi connectivity index (χ4v) is 1.18. The van der Waals surface area contributed by atoms with E-state index in [2.05, 4.69) is 4.98 Å². The lowest BCUT2D eigenvalue weighted by Crippen LogP contribution is -2.25. The third kappa shape index (κ3) is 4.12. The number of hydrogen-bond acceptors (Lipinski definition) is 2. The molecule has 1 heterocycles. The van der Waals surface area contributed by atoms with Crippen LogP contribution in [0.2, 0.25) is 0 Å². The summed E-state index contributed by atoms with van der Waals surface area (Å²) >= 11 is 0. The molecule has 1 aromatic rings. The Kier molecular flexibility index (Phi) is 3.84. The highest BCUT2D eigenvalue weighted by Crippen LogP contribution is 2.23. The van der Waals surface area contributed by atoms with Crippen molar-refractivity contribution in [3.05, 3.63) is 23.6 Å². The van der Waals surface area contributed by atoms with Gasteiger partial charge in [0.1, 0.15) is 0 Å². The normalized spacial score (nSPS) is 13.6. The SMILES string of the molecule is CC(CC(F)(F)F)Nc1nc(F)c(F)cc1F. The summed E-state index contributed by atoms with van der Waals surface area (Å²) in [5, 5.41) is 2.02. The molecule has 0 spiro atoms. The standard InChI is InChI=1S/C9H8F6N2/c1-4(3-9(13,14)15)16-8-6(11)2-5(10)7(12)17-8/h2,4H,3H2,1H3,(H,16,17). The van der Waals surface area contributed by atoms with Crippen molar-refractivity contribution in [3.8, 4) is 0 Å². The van der Waals surface area contributed by atoms with Crippen LogP contribution in [0, 0.1) is 17.6 Å². The van der Waals surface area contributed by atoms with Gasteiger partial charge in [0.2, 0.25) is 0 Å². The molecule has 0 aliphatic heterocycles. The molecule has 0 aliphatic carbocycles. The summed E-state index contributed by atoms with van der Waals surface area (Å²) in [4.78, 5) is 2.85. The van der Waals surface area contributed by atoms with E-state index < -0.39 is 42.0 Å². The van der Waals surface area contributed by atoms with E-state index in [1.807, 2.05) is 5.32 Å². The number of hydrogen-bond donors (Lipinski definition) is 1. The van der Waals surface area contributed by atoms with Gasteiger partial charge in [-0.1, -0.05) is 0 Å². The van der Waals surface area contributed by atoms with E-state index in [1.165, 1.54) is 0 Å². The fraction of sp³-hybridized carbons (Fsp3) is 0.444. The van der Waals surface area contributed by atoms with Gasteiger partial charge in [0.25, 0.3) is 5.95 Å². The molecular weight excluding hydrogens is 250 g/mol. The van der Waals surface area contributed by atoms with Crippen molar-refractivity contribution in [2.45, 2.75) is 25.6 Å². The van der Waals surface area contributed by atoms with Crippen LogP contribution in [0.4, 0.5) is 32.2 Å². The van der Waals surface area contributed by atoms with E-state index in [9.17, 15) is 26.3 Å². The topological polar surface area (TPSA) is 24.9 Å². The first-order valence-corrected chi connectivity index (χ1v) is 4.54. The Morgan fingerprint density at radius 3 is 2.35 bits per heavy atom. The van der Waals surface area contributed by atoms with Crippen LogP contribution in [0.5, 0.6) is 0 Å². The molecule has 1 unspecified atom stereocenters. The van der Waals surface area contributed by atoms with Gasteiger partial charge in [0, 0.05) is 12.1 Å². The molecule has 0 saturated carbocycles. The van der Waals surface area contributed by atoms with Crippen molar-refractivity contribution in [1.29, 1.82) is 0 Å². The summed E-state index contributed by atoms with van der Waals surface area (Å²) < 4.78 is 74.0. The summed E-state index contributed by atoms with van der Waals surface area (Å²) in [5.74, 6) is -5.08. The van der Waals surface area contributed by atoms with Crippen LogP contribution < -0.4 is 5.32 Å². The van der Waals surface area contributed by atoms with Gasteiger partial charge in [0.15, 0.2) is 17.5 Å². The zero-order valence-electron chi connectivity index (χ0n) is 8.58. The molecular formula is C9H8F6N2. The summed E-state index contributed by atoms with van der Waals surface area (Å²) in [5.41, 5.74) is 0. The first-order valence-electron chi connectivity index (χ1n) is 4.54. The zero-order valence-corrected chi connectivity index (χ0v) is 8.58. The van der Waals surface area contributed by atoms with Crippen LogP contribution in [0.3, 0.4) is 0 Å². The Morgan fingerprint density at radius 2 is 1.82 bits per heavy atom. The van der Waals surface area contributed by atoms with E-state index >= 15 is 0 Å². The molecule has 0 fully saturated rings. The monoisotopic (exact) mass is 258 g/mol. The highest BCUT2D eigenvalue weighted by molar-refractivity contribution is 5.37. The van der Waals surface area contributed by atoms with Gasteiger partial charge in [-0.3, -0.25) is 0 Å². The van der Waals surface area contributed by atoms with Crippen molar-refractivity contribution < 1.29 is 26.3 Å². The molecule has 1 rings (SSSR count). The van der Waals surface area contributed by atoms with Gasteiger partial charge in [-0.2, -0.15) is 22.5 Å². The van der Waals surface area contributed by atoms with Gasteiger partial charge < -0.3 is 5.32 Å². The number of alkyl halides is 3. The molecule has 8 heteroatoms. The summed E-state index contributed by atoms with van der Waals surface area (Å²) in [6.45, 7) is 1.12. The van der Waals surface area contributed by atoms with Crippen molar-refractivity contribution in [2.75, 3.05) is 5.32 Å². The Hall–Kier alpha value is -1.47. The first-order chi connectivity index (χ1) is 7.69. The third-order valence-corrected chi connectivity index (χ3v) is 1.81. The lowest BCUT2D eigenvalue weighted by Gasteiger charge is -2.16. The molecule has 96 valence electrons. The lowest BCUT2D eigenvalue weighted by atomic mass is 10.2. The number of nitrogens with one attached hydrogen (secondary N) is 1. The number of aromatic nitrogens is 1. The molecule has 0 aromatic carbocycles. The smallest absolute Gasteiger partial charge is 0.365 e. The number of halogens is 6. The number of anilines is 1. The third-order valence-electron chi connectivity index (χ3n) is 1.81.